The van der Waals surface area contributed by atoms with Crippen molar-refractivity contribution < 1.29 is 4.39 Å². The third-order valence-electron chi connectivity index (χ3n) is 6.38. The van der Waals surface area contributed by atoms with Crippen molar-refractivity contribution in [2.24, 2.45) is 5.92 Å². The van der Waals surface area contributed by atoms with Crippen molar-refractivity contribution in [3.8, 4) is 21.8 Å². The fourth-order valence-corrected chi connectivity index (χ4v) is 5.56. The molecule has 1 saturated carbocycles. The Morgan fingerprint density at radius 2 is 1.81 bits per heavy atom. The number of anilines is 2. The summed E-state index contributed by atoms with van der Waals surface area (Å²) in [5.41, 5.74) is 1.99. The van der Waals surface area contributed by atoms with Crippen LogP contribution in [0, 0.1) is 11.7 Å². The molecule has 1 aliphatic heterocycles. The highest BCUT2D eigenvalue weighted by Crippen LogP contribution is 2.41. The molecule has 7 heteroatoms. The van der Waals surface area contributed by atoms with Crippen LogP contribution in [0.25, 0.3) is 21.8 Å². The van der Waals surface area contributed by atoms with Gasteiger partial charge in [-0.15, -0.1) is 0 Å². The van der Waals surface area contributed by atoms with Gasteiger partial charge in [0.2, 0.25) is 5.95 Å². The second-order valence-electron chi connectivity index (χ2n) is 8.71. The van der Waals surface area contributed by atoms with E-state index in [-0.39, 0.29) is 5.82 Å². The second kappa shape index (κ2) is 8.91. The highest BCUT2D eigenvalue weighted by molar-refractivity contribution is 7.19. The van der Waals surface area contributed by atoms with E-state index in [1.54, 1.807) is 29.7 Å². The zero-order valence-electron chi connectivity index (χ0n) is 17.9. The third-order valence-corrected chi connectivity index (χ3v) is 7.51. The van der Waals surface area contributed by atoms with Crippen LogP contribution in [0.4, 0.5) is 15.5 Å². The Bertz CT molecular complexity index is 1040. The molecule has 0 amide bonds. The van der Waals surface area contributed by atoms with E-state index < -0.39 is 0 Å². The minimum atomic E-state index is -0.258. The van der Waals surface area contributed by atoms with Gasteiger partial charge in [0, 0.05) is 30.9 Å². The van der Waals surface area contributed by atoms with E-state index >= 15 is 0 Å². The third kappa shape index (κ3) is 4.42. The van der Waals surface area contributed by atoms with E-state index in [1.165, 1.54) is 18.9 Å². The second-order valence-corrected chi connectivity index (χ2v) is 9.69. The van der Waals surface area contributed by atoms with Gasteiger partial charge in [-0.3, -0.25) is 0 Å². The Balaban J connectivity index is 1.53. The van der Waals surface area contributed by atoms with E-state index in [2.05, 4.69) is 22.1 Å². The van der Waals surface area contributed by atoms with E-state index in [1.807, 2.05) is 12.1 Å². The molecule has 0 radical (unpaired) electrons. The van der Waals surface area contributed by atoms with Crippen molar-refractivity contribution in [1.82, 2.24) is 15.0 Å². The molecular formula is C24H28FN5S. The number of nitrogens with one attached hydrogen (secondary N) is 1. The van der Waals surface area contributed by atoms with Crippen LogP contribution in [-0.4, -0.2) is 34.1 Å². The number of hydrogen-bond acceptors (Lipinski definition) is 6. The molecule has 5 rings (SSSR count). The summed E-state index contributed by atoms with van der Waals surface area (Å²) >= 11 is 1.61. The molecule has 2 aliphatic rings. The van der Waals surface area contributed by atoms with Crippen molar-refractivity contribution in [2.75, 3.05) is 23.3 Å². The molecule has 162 valence electrons. The molecule has 3 aromatic rings. The molecule has 31 heavy (non-hydrogen) atoms. The van der Waals surface area contributed by atoms with Crippen LogP contribution in [-0.2, 0) is 0 Å². The Kier molecular flexibility index (Phi) is 5.85. The predicted molar refractivity (Wildman–Crippen MR) is 125 cm³/mol. The largest absolute Gasteiger partial charge is 0.351 e. The summed E-state index contributed by atoms with van der Waals surface area (Å²) in [5, 5.41) is 4.42. The van der Waals surface area contributed by atoms with Gasteiger partial charge in [0.05, 0.1) is 16.3 Å². The summed E-state index contributed by atoms with van der Waals surface area (Å²) in [6.07, 6.45) is 8.92. The maximum absolute atomic E-state index is 14.7. The summed E-state index contributed by atoms with van der Waals surface area (Å²) in [5.74, 6) is 1.13. The van der Waals surface area contributed by atoms with Crippen molar-refractivity contribution in [3.63, 3.8) is 0 Å². The van der Waals surface area contributed by atoms with Gasteiger partial charge in [0.15, 0.2) is 5.13 Å². The fraction of sp³-hybridized carbons (Fsp3) is 0.458. The molecule has 0 atom stereocenters. The first kappa shape index (κ1) is 20.4. The van der Waals surface area contributed by atoms with Gasteiger partial charge in [0.25, 0.3) is 0 Å². The van der Waals surface area contributed by atoms with Crippen LogP contribution in [0.3, 0.4) is 0 Å². The van der Waals surface area contributed by atoms with Gasteiger partial charge >= 0.3 is 0 Å². The van der Waals surface area contributed by atoms with Gasteiger partial charge in [-0.1, -0.05) is 43.2 Å². The van der Waals surface area contributed by atoms with Crippen LogP contribution in [0.5, 0.6) is 0 Å². The Labute approximate surface area is 186 Å². The van der Waals surface area contributed by atoms with E-state index in [9.17, 15) is 4.39 Å². The molecule has 1 saturated heterocycles. The number of piperidine rings is 1. The number of halogens is 1. The van der Waals surface area contributed by atoms with Crippen LogP contribution in [0.15, 0.2) is 36.5 Å². The molecule has 5 nitrogen and oxygen atoms in total. The van der Waals surface area contributed by atoms with Gasteiger partial charge in [-0.05, 0) is 49.8 Å². The first-order valence-corrected chi connectivity index (χ1v) is 12.1. The number of rotatable bonds is 5. The maximum Gasteiger partial charge on any atom is 0.223 e. The van der Waals surface area contributed by atoms with Crippen LogP contribution < -0.4 is 10.2 Å². The summed E-state index contributed by atoms with van der Waals surface area (Å²) < 4.78 is 14.7. The average Bonchev–Trinajstić information content (AvgIpc) is 3.45. The molecule has 1 aliphatic carbocycles. The molecule has 2 fully saturated rings. The van der Waals surface area contributed by atoms with Gasteiger partial charge in [0.1, 0.15) is 5.82 Å². The monoisotopic (exact) mass is 437 g/mol. The van der Waals surface area contributed by atoms with Gasteiger partial charge < -0.3 is 10.2 Å². The van der Waals surface area contributed by atoms with Gasteiger partial charge in [-0.25, -0.2) is 19.3 Å². The minimum Gasteiger partial charge on any atom is -0.351 e. The van der Waals surface area contributed by atoms with Crippen LogP contribution >= 0.6 is 11.3 Å². The molecule has 0 unspecified atom stereocenters. The fourth-order valence-electron chi connectivity index (χ4n) is 4.46. The summed E-state index contributed by atoms with van der Waals surface area (Å²) in [7, 11) is 0. The highest BCUT2D eigenvalue weighted by Gasteiger charge is 2.24. The number of hydrogen-bond donors (Lipinski definition) is 1. The van der Waals surface area contributed by atoms with Crippen LogP contribution in [0.2, 0.25) is 0 Å². The Hall–Kier alpha value is -2.54. The lowest BCUT2D eigenvalue weighted by Crippen LogP contribution is -2.32. The first-order valence-electron chi connectivity index (χ1n) is 11.3. The zero-order chi connectivity index (χ0) is 21.2. The number of aromatic nitrogens is 3. The Morgan fingerprint density at radius 1 is 1.03 bits per heavy atom. The molecular weight excluding hydrogens is 409 g/mol. The number of benzene rings is 1. The predicted octanol–water partition coefficient (Wildman–Crippen LogP) is 6.00. The molecule has 1 N–H and O–H groups in total. The van der Waals surface area contributed by atoms with Crippen molar-refractivity contribution in [1.29, 1.82) is 0 Å². The number of nitrogens with zero attached hydrogens (tertiary/aromatic N) is 4. The Morgan fingerprint density at radius 3 is 2.58 bits per heavy atom. The maximum atomic E-state index is 14.7. The molecule has 0 bridgehead atoms. The zero-order valence-corrected chi connectivity index (χ0v) is 18.7. The lowest BCUT2D eigenvalue weighted by atomic mass is 10.00. The molecule has 1 aromatic carbocycles. The summed E-state index contributed by atoms with van der Waals surface area (Å²) in [4.78, 5) is 17.4. The standard InChI is InChI=1S/C24H28FN5S/c1-16-11-14-30(15-12-16)24-29-21(18-8-4-5-9-19(18)25)22(31-24)20-10-13-26-23(28-20)27-17-6-2-3-7-17/h4-5,8-10,13,16-17H,2-3,6-7,11-12,14-15H2,1H3,(H,26,27,28). The SMILES string of the molecule is CC1CCN(c2nc(-c3ccccc3F)c(-c3ccnc(NC4CCCC4)n3)s2)CC1. The minimum absolute atomic E-state index is 0.258. The average molecular weight is 438 g/mol. The summed E-state index contributed by atoms with van der Waals surface area (Å²) in [6, 6.07) is 9.21. The molecule has 0 spiro atoms. The molecule has 3 heterocycles. The highest BCUT2D eigenvalue weighted by atomic mass is 32.1. The van der Waals surface area contributed by atoms with E-state index in [0.717, 1.165) is 60.4 Å². The van der Waals surface area contributed by atoms with Crippen molar-refractivity contribution in [3.05, 3.63) is 42.3 Å². The normalized spacial score (nSPS) is 17.9. The lowest BCUT2D eigenvalue weighted by Gasteiger charge is -2.29. The lowest BCUT2D eigenvalue weighted by molar-refractivity contribution is 0.438. The van der Waals surface area contributed by atoms with Crippen molar-refractivity contribution >= 4 is 22.4 Å². The van der Waals surface area contributed by atoms with E-state index in [0.29, 0.717) is 23.2 Å². The topological polar surface area (TPSA) is 53.9 Å². The smallest absolute Gasteiger partial charge is 0.223 e. The van der Waals surface area contributed by atoms with Crippen molar-refractivity contribution in [2.45, 2.75) is 51.5 Å². The molecule has 2 aromatic heterocycles. The summed E-state index contributed by atoms with van der Waals surface area (Å²) in [6.45, 7) is 4.28. The van der Waals surface area contributed by atoms with E-state index in [4.69, 9.17) is 9.97 Å². The van der Waals surface area contributed by atoms with Gasteiger partial charge in [-0.2, -0.15) is 0 Å². The quantitative estimate of drug-likeness (QED) is 0.531. The number of thiazole rings is 1. The van der Waals surface area contributed by atoms with Crippen LogP contribution in [0.1, 0.15) is 45.4 Å². The first-order chi connectivity index (χ1) is 15.2.